The van der Waals surface area contributed by atoms with Gasteiger partial charge in [-0.2, -0.15) is 0 Å². The molecule has 0 radical (unpaired) electrons. The Hall–Kier alpha value is -1.18. The first-order chi connectivity index (χ1) is 9.74. The van der Waals surface area contributed by atoms with Crippen LogP contribution in [-0.2, 0) is 11.2 Å². The van der Waals surface area contributed by atoms with Crippen LogP contribution in [0.5, 0.6) is 0 Å². The zero-order chi connectivity index (χ0) is 13.9. The van der Waals surface area contributed by atoms with Crippen LogP contribution < -0.4 is 0 Å². The number of carbonyl (C=O) groups is 1. The van der Waals surface area contributed by atoms with E-state index in [1.807, 2.05) is 6.07 Å². The van der Waals surface area contributed by atoms with Crippen LogP contribution >= 0.6 is 0 Å². The molecule has 1 aromatic rings. The van der Waals surface area contributed by atoms with Gasteiger partial charge in [0.2, 0.25) is 0 Å². The summed E-state index contributed by atoms with van der Waals surface area (Å²) in [4.78, 5) is 12.4. The maximum Gasteiger partial charge on any atom is 0.140 e. The molecule has 0 aliphatic heterocycles. The van der Waals surface area contributed by atoms with Crippen molar-refractivity contribution >= 4 is 5.78 Å². The molecule has 0 spiro atoms. The second-order valence-corrected chi connectivity index (χ2v) is 6.55. The van der Waals surface area contributed by atoms with E-state index in [0.29, 0.717) is 5.56 Å². The Bertz CT molecular complexity index is 482. The van der Waals surface area contributed by atoms with Crippen molar-refractivity contribution < 1.29 is 9.18 Å². The van der Waals surface area contributed by atoms with Crippen molar-refractivity contribution in [2.45, 2.75) is 51.4 Å². The van der Waals surface area contributed by atoms with E-state index in [2.05, 4.69) is 0 Å². The SMILES string of the molecule is O=C(Cc1ccccc1F)C1CCC2CCCCC2C1. The maximum atomic E-state index is 13.6. The third kappa shape index (κ3) is 2.94. The van der Waals surface area contributed by atoms with Crippen LogP contribution in [-0.4, -0.2) is 5.78 Å². The Morgan fingerprint density at radius 2 is 1.80 bits per heavy atom. The molecule has 3 atom stereocenters. The number of Topliss-reactive ketones (excluding diaryl/α,β-unsaturated/α-hetero) is 1. The number of benzene rings is 1. The minimum Gasteiger partial charge on any atom is -0.299 e. The van der Waals surface area contributed by atoms with Gasteiger partial charge in [-0.25, -0.2) is 4.39 Å². The highest BCUT2D eigenvalue weighted by Gasteiger charge is 2.34. The molecule has 0 bridgehead atoms. The molecule has 3 unspecified atom stereocenters. The predicted octanol–water partition coefficient (Wildman–Crippen LogP) is 4.54. The molecule has 1 aromatic carbocycles. The molecule has 20 heavy (non-hydrogen) atoms. The molecule has 108 valence electrons. The van der Waals surface area contributed by atoms with Crippen molar-refractivity contribution in [3.8, 4) is 0 Å². The highest BCUT2D eigenvalue weighted by Crippen LogP contribution is 2.43. The van der Waals surface area contributed by atoms with Gasteiger partial charge in [0.15, 0.2) is 0 Å². The molecule has 2 aliphatic carbocycles. The first-order valence-electron chi connectivity index (χ1n) is 8.00. The van der Waals surface area contributed by atoms with Crippen LogP contribution in [0.4, 0.5) is 4.39 Å². The van der Waals surface area contributed by atoms with Gasteiger partial charge in [-0.3, -0.25) is 4.79 Å². The van der Waals surface area contributed by atoms with Crippen LogP contribution in [0.15, 0.2) is 24.3 Å². The molecule has 0 amide bonds. The van der Waals surface area contributed by atoms with Crippen molar-refractivity contribution in [1.29, 1.82) is 0 Å². The number of rotatable bonds is 3. The molecule has 0 heterocycles. The summed E-state index contributed by atoms with van der Waals surface area (Å²) in [5, 5.41) is 0. The summed E-state index contributed by atoms with van der Waals surface area (Å²) in [7, 11) is 0. The molecule has 0 saturated heterocycles. The van der Waals surface area contributed by atoms with E-state index >= 15 is 0 Å². The quantitative estimate of drug-likeness (QED) is 0.790. The van der Waals surface area contributed by atoms with Crippen molar-refractivity contribution in [2.75, 3.05) is 0 Å². The lowest BCUT2D eigenvalue weighted by atomic mass is 9.66. The minimum absolute atomic E-state index is 0.175. The summed E-state index contributed by atoms with van der Waals surface area (Å²) in [6, 6.07) is 6.67. The highest BCUT2D eigenvalue weighted by molar-refractivity contribution is 5.83. The number of hydrogen-bond donors (Lipinski definition) is 0. The summed E-state index contributed by atoms with van der Waals surface area (Å²) < 4.78 is 13.6. The van der Waals surface area contributed by atoms with Crippen molar-refractivity contribution in [2.24, 2.45) is 17.8 Å². The summed E-state index contributed by atoms with van der Waals surface area (Å²) in [5.41, 5.74) is 0.559. The first kappa shape index (κ1) is 13.8. The van der Waals surface area contributed by atoms with Gasteiger partial charge in [0, 0.05) is 12.3 Å². The second-order valence-electron chi connectivity index (χ2n) is 6.55. The molecule has 2 heteroatoms. The smallest absolute Gasteiger partial charge is 0.140 e. The average molecular weight is 274 g/mol. The molecule has 0 N–H and O–H groups in total. The van der Waals surface area contributed by atoms with E-state index in [1.54, 1.807) is 12.1 Å². The molecule has 2 aliphatic rings. The van der Waals surface area contributed by atoms with Crippen LogP contribution in [0.3, 0.4) is 0 Å². The molecule has 0 aromatic heterocycles. The van der Waals surface area contributed by atoms with Crippen LogP contribution in [0, 0.1) is 23.6 Å². The van der Waals surface area contributed by atoms with Gasteiger partial charge < -0.3 is 0 Å². The normalized spacial score (nSPS) is 29.8. The molecule has 2 saturated carbocycles. The number of hydrogen-bond acceptors (Lipinski definition) is 1. The molecule has 2 fully saturated rings. The van der Waals surface area contributed by atoms with E-state index in [0.717, 1.165) is 24.7 Å². The Balaban J connectivity index is 1.62. The summed E-state index contributed by atoms with van der Waals surface area (Å²) >= 11 is 0. The van der Waals surface area contributed by atoms with Gasteiger partial charge >= 0.3 is 0 Å². The van der Waals surface area contributed by atoms with E-state index in [9.17, 15) is 9.18 Å². The first-order valence-corrected chi connectivity index (χ1v) is 8.00. The number of ketones is 1. The second kappa shape index (κ2) is 6.07. The molecule has 1 nitrogen and oxygen atoms in total. The van der Waals surface area contributed by atoms with Crippen LogP contribution in [0.1, 0.15) is 50.5 Å². The largest absolute Gasteiger partial charge is 0.299 e. The topological polar surface area (TPSA) is 17.1 Å². The summed E-state index contributed by atoms with van der Waals surface area (Å²) in [6.45, 7) is 0. The monoisotopic (exact) mass is 274 g/mol. The Morgan fingerprint density at radius 1 is 1.05 bits per heavy atom. The van der Waals surface area contributed by atoms with Gasteiger partial charge in [0.1, 0.15) is 11.6 Å². The summed E-state index contributed by atoms with van der Waals surface area (Å²) in [6.07, 6.45) is 8.91. The fraction of sp³-hybridized carbons (Fsp3) is 0.611. The van der Waals surface area contributed by atoms with Gasteiger partial charge in [-0.15, -0.1) is 0 Å². The van der Waals surface area contributed by atoms with E-state index in [4.69, 9.17) is 0 Å². The fourth-order valence-corrected chi connectivity index (χ4v) is 4.14. The van der Waals surface area contributed by atoms with Crippen molar-refractivity contribution in [3.05, 3.63) is 35.6 Å². The van der Waals surface area contributed by atoms with Gasteiger partial charge in [0.05, 0.1) is 0 Å². The molecule has 3 rings (SSSR count). The Labute approximate surface area is 120 Å². The maximum absolute atomic E-state index is 13.6. The summed E-state index contributed by atoms with van der Waals surface area (Å²) in [5.74, 6) is 1.80. The fourth-order valence-electron chi connectivity index (χ4n) is 4.14. The molecular weight excluding hydrogens is 251 g/mol. The van der Waals surface area contributed by atoms with Crippen molar-refractivity contribution in [3.63, 3.8) is 0 Å². The standard InChI is InChI=1S/C18H23FO/c19-17-8-4-3-7-15(17)12-18(20)16-10-9-13-5-1-2-6-14(13)11-16/h3-4,7-8,13-14,16H,1-2,5-6,9-12H2. The predicted molar refractivity (Wildman–Crippen MR) is 77.9 cm³/mol. The van der Waals surface area contributed by atoms with Gasteiger partial charge in [0.25, 0.3) is 0 Å². The lowest BCUT2D eigenvalue weighted by molar-refractivity contribution is -0.124. The van der Waals surface area contributed by atoms with E-state index in [1.165, 1.54) is 38.2 Å². The zero-order valence-electron chi connectivity index (χ0n) is 12.0. The Morgan fingerprint density at radius 3 is 2.60 bits per heavy atom. The molecular formula is C18H23FO. The van der Waals surface area contributed by atoms with E-state index < -0.39 is 0 Å². The number of fused-ring (bicyclic) bond motifs is 1. The van der Waals surface area contributed by atoms with Crippen LogP contribution in [0.25, 0.3) is 0 Å². The van der Waals surface area contributed by atoms with E-state index in [-0.39, 0.29) is 23.9 Å². The van der Waals surface area contributed by atoms with Crippen LogP contribution in [0.2, 0.25) is 0 Å². The third-order valence-corrected chi connectivity index (χ3v) is 5.32. The average Bonchev–Trinajstić information content (AvgIpc) is 2.49. The van der Waals surface area contributed by atoms with Crippen molar-refractivity contribution in [1.82, 2.24) is 0 Å². The lowest BCUT2D eigenvalue weighted by Crippen LogP contribution is -2.31. The minimum atomic E-state index is -0.243. The Kier molecular flexibility index (Phi) is 4.18. The third-order valence-electron chi connectivity index (χ3n) is 5.32. The number of halogens is 1. The lowest BCUT2D eigenvalue weighted by Gasteiger charge is -2.38. The highest BCUT2D eigenvalue weighted by atomic mass is 19.1. The number of carbonyl (C=O) groups excluding carboxylic acids is 1. The van der Waals surface area contributed by atoms with Gasteiger partial charge in [-0.1, -0.05) is 43.9 Å². The zero-order valence-corrected chi connectivity index (χ0v) is 12.0. The van der Waals surface area contributed by atoms with Gasteiger partial charge in [-0.05, 0) is 42.7 Å².